The van der Waals surface area contributed by atoms with Gasteiger partial charge in [-0.15, -0.1) is 0 Å². The zero-order chi connectivity index (χ0) is 13.0. The molecule has 0 saturated heterocycles. The number of rotatable bonds is 3. The average molecular weight is 241 g/mol. The standard InChI is InChI=1S/C10H9F2N3O2/c1-2-17-10(16)5-4-15-6(3-13)7(8(5)14)9(11)12/h4,9H,2H2,1H3,(H2,14,15). The molecule has 1 rings (SSSR count). The van der Waals surface area contributed by atoms with Crippen LogP contribution in [0, 0.1) is 11.3 Å². The molecule has 0 amide bonds. The van der Waals surface area contributed by atoms with Gasteiger partial charge in [-0.1, -0.05) is 0 Å². The molecule has 0 saturated carbocycles. The van der Waals surface area contributed by atoms with E-state index in [2.05, 4.69) is 9.72 Å². The van der Waals surface area contributed by atoms with Crippen molar-refractivity contribution in [3.05, 3.63) is 23.0 Å². The molecule has 0 atom stereocenters. The summed E-state index contributed by atoms with van der Waals surface area (Å²) >= 11 is 0. The average Bonchev–Trinajstić information content (AvgIpc) is 2.27. The smallest absolute Gasteiger partial charge is 0.341 e. The maximum Gasteiger partial charge on any atom is 0.341 e. The lowest BCUT2D eigenvalue weighted by Crippen LogP contribution is -2.12. The summed E-state index contributed by atoms with van der Waals surface area (Å²) in [5.41, 5.74) is 3.46. The molecule has 0 aromatic carbocycles. The van der Waals surface area contributed by atoms with Gasteiger partial charge in [-0.05, 0) is 6.92 Å². The molecule has 0 unspecified atom stereocenters. The first-order valence-corrected chi connectivity index (χ1v) is 4.66. The Balaban J connectivity index is 3.34. The first-order chi connectivity index (χ1) is 8.02. The number of hydrogen-bond donors (Lipinski definition) is 1. The van der Waals surface area contributed by atoms with Gasteiger partial charge in [-0.2, -0.15) is 5.26 Å². The Morgan fingerprint density at radius 2 is 2.35 bits per heavy atom. The third-order valence-corrected chi connectivity index (χ3v) is 1.98. The molecule has 0 aliphatic carbocycles. The second-order valence-corrected chi connectivity index (χ2v) is 2.98. The van der Waals surface area contributed by atoms with E-state index < -0.39 is 29.3 Å². The fourth-order valence-corrected chi connectivity index (χ4v) is 1.22. The SMILES string of the molecule is CCOC(=O)c1cnc(C#N)c(C(F)F)c1N. The molecule has 5 nitrogen and oxygen atoms in total. The molecule has 90 valence electrons. The van der Waals surface area contributed by atoms with E-state index in [1.165, 1.54) is 6.07 Å². The maximum atomic E-state index is 12.7. The summed E-state index contributed by atoms with van der Waals surface area (Å²) in [7, 11) is 0. The number of hydrogen-bond acceptors (Lipinski definition) is 5. The molecule has 0 bridgehead atoms. The van der Waals surface area contributed by atoms with Crippen LogP contribution in [0.3, 0.4) is 0 Å². The minimum Gasteiger partial charge on any atom is -0.462 e. The van der Waals surface area contributed by atoms with Crippen molar-refractivity contribution in [2.45, 2.75) is 13.3 Å². The summed E-state index contributed by atoms with van der Waals surface area (Å²) in [6.07, 6.45) is -2.02. The predicted molar refractivity (Wildman–Crippen MR) is 54.3 cm³/mol. The summed E-state index contributed by atoms with van der Waals surface area (Å²) in [5.74, 6) is -0.844. The number of esters is 1. The fourth-order valence-electron chi connectivity index (χ4n) is 1.22. The molecule has 0 radical (unpaired) electrons. The number of aromatic nitrogens is 1. The molecule has 1 heterocycles. The lowest BCUT2D eigenvalue weighted by molar-refractivity contribution is 0.0527. The van der Waals surface area contributed by atoms with Crippen molar-refractivity contribution in [2.75, 3.05) is 12.3 Å². The summed E-state index contributed by atoms with van der Waals surface area (Å²) in [4.78, 5) is 14.8. The molecule has 7 heteroatoms. The largest absolute Gasteiger partial charge is 0.462 e. The van der Waals surface area contributed by atoms with Crippen molar-refractivity contribution in [1.29, 1.82) is 5.26 Å². The van der Waals surface area contributed by atoms with Gasteiger partial charge in [0.05, 0.1) is 17.9 Å². The highest BCUT2D eigenvalue weighted by Gasteiger charge is 2.23. The highest BCUT2D eigenvalue weighted by molar-refractivity contribution is 5.95. The van der Waals surface area contributed by atoms with Crippen molar-refractivity contribution in [3.63, 3.8) is 0 Å². The number of nitrogens with zero attached hydrogens (tertiary/aromatic N) is 2. The van der Waals surface area contributed by atoms with Crippen LogP contribution < -0.4 is 5.73 Å². The Labute approximate surface area is 95.8 Å². The lowest BCUT2D eigenvalue weighted by Gasteiger charge is -2.10. The lowest BCUT2D eigenvalue weighted by atomic mass is 10.1. The molecule has 0 aliphatic heterocycles. The van der Waals surface area contributed by atoms with Crippen molar-refractivity contribution in [3.8, 4) is 6.07 Å². The normalized spacial score (nSPS) is 10.1. The zero-order valence-corrected chi connectivity index (χ0v) is 8.91. The quantitative estimate of drug-likeness (QED) is 0.812. The number of anilines is 1. The van der Waals surface area contributed by atoms with Gasteiger partial charge in [-0.3, -0.25) is 0 Å². The number of halogens is 2. The van der Waals surface area contributed by atoms with E-state index in [1.807, 2.05) is 0 Å². The van der Waals surface area contributed by atoms with Gasteiger partial charge in [0, 0.05) is 6.20 Å². The zero-order valence-electron chi connectivity index (χ0n) is 8.91. The highest BCUT2D eigenvalue weighted by atomic mass is 19.3. The van der Waals surface area contributed by atoms with Crippen LogP contribution in [-0.2, 0) is 4.74 Å². The summed E-state index contributed by atoms with van der Waals surface area (Å²) < 4.78 is 30.0. The molecular weight excluding hydrogens is 232 g/mol. The number of nitrogen functional groups attached to an aromatic ring is 1. The van der Waals surface area contributed by atoms with Crippen LogP contribution in [0.25, 0.3) is 0 Å². The molecule has 0 spiro atoms. The fraction of sp³-hybridized carbons (Fsp3) is 0.300. The molecule has 2 N–H and O–H groups in total. The third kappa shape index (κ3) is 2.47. The molecular formula is C10H9F2N3O2. The molecule has 1 aromatic heterocycles. The van der Waals surface area contributed by atoms with Crippen LogP contribution in [0.2, 0.25) is 0 Å². The molecule has 1 aromatic rings. The van der Waals surface area contributed by atoms with Gasteiger partial charge in [0.15, 0.2) is 5.69 Å². The second kappa shape index (κ2) is 5.21. The van der Waals surface area contributed by atoms with Crippen molar-refractivity contribution in [2.24, 2.45) is 0 Å². The number of alkyl halides is 2. The Bertz CT molecular complexity index is 483. The van der Waals surface area contributed by atoms with Crippen LogP contribution in [0.4, 0.5) is 14.5 Å². The van der Waals surface area contributed by atoms with E-state index in [-0.39, 0.29) is 12.2 Å². The van der Waals surface area contributed by atoms with E-state index >= 15 is 0 Å². The maximum absolute atomic E-state index is 12.7. The van der Waals surface area contributed by atoms with E-state index in [0.29, 0.717) is 0 Å². The Hall–Kier alpha value is -2.23. The number of carbonyl (C=O) groups is 1. The molecule has 0 aliphatic rings. The van der Waals surface area contributed by atoms with E-state index in [9.17, 15) is 13.6 Å². The number of nitrogens with two attached hydrogens (primary N) is 1. The van der Waals surface area contributed by atoms with Crippen LogP contribution in [0.15, 0.2) is 6.20 Å². The van der Waals surface area contributed by atoms with E-state index in [1.54, 1.807) is 6.92 Å². The first-order valence-electron chi connectivity index (χ1n) is 4.66. The monoisotopic (exact) mass is 241 g/mol. The van der Waals surface area contributed by atoms with E-state index in [0.717, 1.165) is 6.20 Å². The van der Waals surface area contributed by atoms with Gasteiger partial charge in [0.1, 0.15) is 11.6 Å². The highest BCUT2D eigenvalue weighted by Crippen LogP contribution is 2.29. The van der Waals surface area contributed by atoms with Gasteiger partial charge in [0.2, 0.25) is 0 Å². The number of carbonyl (C=O) groups excluding carboxylic acids is 1. The molecule has 17 heavy (non-hydrogen) atoms. The topological polar surface area (TPSA) is 89.0 Å². The van der Waals surface area contributed by atoms with E-state index in [4.69, 9.17) is 11.0 Å². The Kier molecular flexibility index (Phi) is 3.93. The van der Waals surface area contributed by atoms with Gasteiger partial charge < -0.3 is 10.5 Å². The number of pyridine rings is 1. The minimum atomic E-state index is -2.98. The van der Waals surface area contributed by atoms with Crippen LogP contribution >= 0.6 is 0 Å². The van der Waals surface area contributed by atoms with Crippen LogP contribution in [0.5, 0.6) is 0 Å². The van der Waals surface area contributed by atoms with Crippen molar-refractivity contribution < 1.29 is 18.3 Å². The minimum absolute atomic E-state index is 0.0856. The van der Waals surface area contributed by atoms with Crippen LogP contribution in [0.1, 0.15) is 35.0 Å². The summed E-state index contributed by atoms with van der Waals surface area (Å²) in [5, 5.41) is 8.61. The summed E-state index contributed by atoms with van der Waals surface area (Å²) in [6.45, 7) is 1.65. The van der Waals surface area contributed by atoms with Gasteiger partial charge >= 0.3 is 5.97 Å². The van der Waals surface area contributed by atoms with Gasteiger partial charge in [-0.25, -0.2) is 18.6 Å². The van der Waals surface area contributed by atoms with Crippen molar-refractivity contribution in [1.82, 2.24) is 4.98 Å². The second-order valence-electron chi connectivity index (χ2n) is 2.98. The predicted octanol–water partition coefficient (Wildman–Crippen LogP) is 1.65. The van der Waals surface area contributed by atoms with Crippen LogP contribution in [-0.4, -0.2) is 17.6 Å². The Morgan fingerprint density at radius 3 is 2.82 bits per heavy atom. The number of ether oxygens (including phenoxy) is 1. The Morgan fingerprint density at radius 1 is 1.71 bits per heavy atom. The van der Waals surface area contributed by atoms with Gasteiger partial charge in [0.25, 0.3) is 6.43 Å². The number of nitriles is 1. The van der Waals surface area contributed by atoms with Crippen molar-refractivity contribution >= 4 is 11.7 Å². The molecule has 0 fully saturated rings. The first kappa shape index (κ1) is 12.8. The third-order valence-electron chi connectivity index (χ3n) is 1.98. The summed E-state index contributed by atoms with van der Waals surface area (Å²) in [6, 6.07) is 1.49.